The number of fused-ring (bicyclic) bond motifs is 1. The van der Waals surface area contributed by atoms with Crippen LogP contribution < -0.4 is 5.73 Å². The Morgan fingerprint density at radius 1 is 1.33 bits per heavy atom. The Morgan fingerprint density at radius 3 is 3.00 bits per heavy atom. The SMILES string of the molecule is Cc1ccc2cc(C3OCC(CN)O3)ccc2n1. The molecule has 2 unspecified atom stereocenters. The van der Waals surface area contributed by atoms with Gasteiger partial charge in [-0.25, -0.2) is 0 Å². The first-order valence-corrected chi connectivity index (χ1v) is 6.11. The summed E-state index contributed by atoms with van der Waals surface area (Å²) in [7, 11) is 0. The summed E-state index contributed by atoms with van der Waals surface area (Å²) >= 11 is 0. The van der Waals surface area contributed by atoms with Crippen molar-refractivity contribution in [3.63, 3.8) is 0 Å². The number of benzene rings is 1. The van der Waals surface area contributed by atoms with E-state index in [1.807, 2.05) is 25.1 Å². The Kier molecular flexibility index (Phi) is 2.99. The Labute approximate surface area is 106 Å². The molecule has 94 valence electrons. The second-order valence-corrected chi connectivity index (χ2v) is 4.56. The first-order chi connectivity index (χ1) is 8.76. The van der Waals surface area contributed by atoms with E-state index in [1.54, 1.807) is 0 Å². The maximum absolute atomic E-state index is 5.70. The van der Waals surface area contributed by atoms with Gasteiger partial charge in [-0.1, -0.05) is 12.1 Å². The van der Waals surface area contributed by atoms with E-state index in [9.17, 15) is 0 Å². The number of rotatable bonds is 2. The predicted octanol–water partition coefficient (Wildman–Crippen LogP) is 1.92. The molecule has 0 aliphatic carbocycles. The van der Waals surface area contributed by atoms with Crippen LogP contribution in [0.1, 0.15) is 17.5 Å². The van der Waals surface area contributed by atoms with Crippen LogP contribution in [0, 0.1) is 6.92 Å². The maximum Gasteiger partial charge on any atom is 0.184 e. The highest BCUT2D eigenvalue weighted by atomic mass is 16.7. The van der Waals surface area contributed by atoms with Crippen LogP contribution in [-0.2, 0) is 9.47 Å². The molecule has 2 atom stereocenters. The molecule has 1 aliphatic rings. The number of aromatic nitrogens is 1. The molecule has 2 heterocycles. The third-order valence-corrected chi connectivity index (χ3v) is 3.14. The quantitative estimate of drug-likeness (QED) is 0.876. The zero-order chi connectivity index (χ0) is 12.5. The molecule has 0 saturated carbocycles. The standard InChI is InChI=1S/C14H16N2O2/c1-9-2-3-10-6-11(4-5-13(10)16-9)14-17-8-12(7-15)18-14/h2-6,12,14H,7-8,15H2,1H3. The van der Waals surface area contributed by atoms with Gasteiger partial charge in [0.1, 0.15) is 0 Å². The molecule has 0 radical (unpaired) electrons. The second-order valence-electron chi connectivity index (χ2n) is 4.56. The topological polar surface area (TPSA) is 57.4 Å². The average molecular weight is 244 g/mol. The fourth-order valence-corrected chi connectivity index (χ4v) is 2.14. The second kappa shape index (κ2) is 4.65. The van der Waals surface area contributed by atoms with E-state index < -0.39 is 0 Å². The van der Waals surface area contributed by atoms with Crippen molar-refractivity contribution in [2.45, 2.75) is 19.3 Å². The first-order valence-electron chi connectivity index (χ1n) is 6.11. The zero-order valence-corrected chi connectivity index (χ0v) is 10.3. The van der Waals surface area contributed by atoms with Crippen LogP contribution in [0.5, 0.6) is 0 Å². The minimum absolute atomic E-state index is 0.00170. The summed E-state index contributed by atoms with van der Waals surface area (Å²) in [4.78, 5) is 4.47. The van der Waals surface area contributed by atoms with Crippen LogP contribution in [0.4, 0.5) is 0 Å². The largest absolute Gasteiger partial charge is 0.346 e. The summed E-state index contributed by atoms with van der Waals surface area (Å²) < 4.78 is 11.3. The predicted molar refractivity (Wildman–Crippen MR) is 69.1 cm³/mol. The third kappa shape index (κ3) is 2.10. The molecule has 0 bridgehead atoms. The van der Waals surface area contributed by atoms with Gasteiger partial charge in [0, 0.05) is 23.2 Å². The smallest absolute Gasteiger partial charge is 0.184 e. The highest BCUT2D eigenvalue weighted by molar-refractivity contribution is 5.79. The highest BCUT2D eigenvalue weighted by Crippen LogP contribution is 2.28. The molecule has 1 aromatic carbocycles. The molecule has 18 heavy (non-hydrogen) atoms. The molecule has 2 N–H and O–H groups in total. The van der Waals surface area contributed by atoms with E-state index in [0.29, 0.717) is 13.2 Å². The van der Waals surface area contributed by atoms with Gasteiger partial charge >= 0.3 is 0 Å². The summed E-state index contributed by atoms with van der Waals surface area (Å²) in [5.74, 6) is 0. The lowest BCUT2D eigenvalue weighted by Crippen LogP contribution is -2.21. The van der Waals surface area contributed by atoms with E-state index in [0.717, 1.165) is 22.2 Å². The zero-order valence-electron chi connectivity index (χ0n) is 10.3. The molecular weight excluding hydrogens is 228 g/mol. The van der Waals surface area contributed by atoms with Gasteiger partial charge in [0.25, 0.3) is 0 Å². The van der Waals surface area contributed by atoms with E-state index in [2.05, 4.69) is 17.1 Å². The Balaban J connectivity index is 1.92. The van der Waals surface area contributed by atoms with Gasteiger partial charge in [-0.3, -0.25) is 4.98 Å². The monoisotopic (exact) mass is 244 g/mol. The van der Waals surface area contributed by atoms with Crippen LogP contribution in [0.15, 0.2) is 30.3 Å². The van der Waals surface area contributed by atoms with Gasteiger partial charge < -0.3 is 15.2 Å². The fraction of sp³-hybridized carbons (Fsp3) is 0.357. The van der Waals surface area contributed by atoms with E-state index >= 15 is 0 Å². The Morgan fingerprint density at radius 2 is 2.22 bits per heavy atom. The molecule has 3 rings (SSSR count). The number of pyridine rings is 1. The van der Waals surface area contributed by atoms with Crippen LogP contribution in [-0.4, -0.2) is 24.2 Å². The van der Waals surface area contributed by atoms with Crippen molar-refractivity contribution in [3.05, 3.63) is 41.6 Å². The summed E-state index contributed by atoms with van der Waals surface area (Å²) in [6.07, 6.45) is -0.300. The van der Waals surface area contributed by atoms with Gasteiger partial charge in [-0.2, -0.15) is 0 Å². The Bertz CT molecular complexity index is 571. The van der Waals surface area contributed by atoms with E-state index in [4.69, 9.17) is 15.2 Å². The van der Waals surface area contributed by atoms with Crippen molar-refractivity contribution in [3.8, 4) is 0 Å². The lowest BCUT2D eigenvalue weighted by atomic mass is 10.1. The summed E-state index contributed by atoms with van der Waals surface area (Å²) in [5.41, 5.74) is 8.60. The van der Waals surface area contributed by atoms with Crippen LogP contribution >= 0.6 is 0 Å². The van der Waals surface area contributed by atoms with Crippen molar-refractivity contribution in [1.82, 2.24) is 4.98 Å². The van der Waals surface area contributed by atoms with Gasteiger partial charge in [0.15, 0.2) is 6.29 Å². The van der Waals surface area contributed by atoms with Crippen molar-refractivity contribution in [2.75, 3.05) is 13.2 Å². The van der Waals surface area contributed by atoms with Crippen molar-refractivity contribution in [1.29, 1.82) is 0 Å². The van der Waals surface area contributed by atoms with Gasteiger partial charge in [-0.05, 0) is 25.1 Å². The molecule has 0 amide bonds. The number of hydrogen-bond donors (Lipinski definition) is 1. The van der Waals surface area contributed by atoms with Crippen LogP contribution in [0.2, 0.25) is 0 Å². The summed E-state index contributed by atoms with van der Waals surface area (Å²) in [5, 5.41) is 1.10. The molecular formula is C14H16N2O2. The summed E-state index contributed by atoms with van der Waals surface area (Å²) in [6.45, 7) is 3.04. The third-order valence-electron chi connectivity index (χ3n) is 3.14. The van der Waals surface area contributed by atoms with E-state index in [1.165, 1.54) is 0 Å². The number of nitrogens with zero attached hydrogens (tertiary/aromatic N) is 1. The van der Waals surface area contributed by atoms with Crippen molar-refractivity contribution in [2.24, 2.45) is 5.73 Å². The highest BCUT2D eigenvalue weighted by Gasteiger charge is 2.26. The van der Waals surface area contributed by atoms with Crippen LogP contribution in [0.3, 0.4) is 0 Å². The molecule has 2 aromatic rings. The number of aryl methyl sites for hydroxylation is 1. The van der Waals surface area contributed by atoms with Crippen LogP contribution in [0.25, 0.3) is 10.9 Å². The molecule has 1 aliphatic heterocycles. The molecule has 0 spiro atoms. The number of nitrogens with two attached hydrogens (primary N) is 1. The molecule has 1 aromatic heterocycles. The molecule has 1 fully saturated rings. The van der Waals surface area contributed by atoms with Gasteiger partial charge in [-0.15, -0.1) is 0 Å². The lowest BCUT2D eigenvalue weighted by molar-refractivity contribution is -0.0584. The fourth-order valence-electron chi connectivity index (χ4n) is 2.14. The van der Waals surface area contributed by atoms with Crippen molar-refractivity contribution < 1.29 is 9.47 Å². The number of ether oxygens (including phenoxy) is 2. The minimum Gasteiger partial charge on any atom is -0.346 e. The van der Waals surface area contributed by atoms with Crippen molar-refractivity contribution >= 4 is 10.9 Å². The molecule has 1 saturated heterocycles. The van der Waals surface area contributed by atoms with E-state index in [-0.39, 0.29) is 12.4 Å². The lowest BCUT2D eigenvalue weighted by Gasteiger charge is -2.11. The number of hydrogen-bond acceptors (Lipinski definition) is 4. The summed E-state index contributed by atoms with van der Waals surface area (Å²) in [6, 6.07) is 10.1. The normalized spacial score (nSPS) is 23.7. The Hall–Kier alpha value is -1.49. The minimum atomic E-state index is -0.302. The average Bonchev–Trinajstić information content (AvgIpc) is 2.87. The first kappa shape index (κ1) is 11.6. The van der Waals surface area contributed by atoms with Gasteiger partial charge in [0.05, 0.1) is 18.2 Å². The maximum atomic E-state index is 5.70. The van der Waals surface area contributed by atoms with Gasteiger partial charge in [0.2, 0.25) is 0 Å². The molecule has 4 nitrogen and oxygen atoms in total. The molecule has 4 heteroatoms.